The number of nitrogens with one attached hydrogen (secondary N) is 4. The Bertz CT molecular complexity index is 1850. The van der Waals surface area contributed by atoms with Gasteiger partial charge < -0.3 is 41.5 Å². The summed E-state index contributed by atoms with van der Waals surface area (Å²) in [5.74, 6) is 0.724. The zero-order chi connectivity index (χ0) is 37.0. The molecule has 276 valence electrons. The largest absolute Gasteiger partial charge is 0.494 e. The van der Waals surface area contributed by atoms with Crippen molar-refractivity contribution in [2.75, 3.05) is 71.7 Å². The first-order chi connectivity index (χ1) is 24.4. The third kappa shape index (κ3) is 11.3. The average molecular weight is 722 g/mol. The molecule has 5 rings (SSSR count). The number of hydrogen-bond donors (Lipinski definition) is 5. The Morgan fingerprint density at radius 1 is 0.962 bits per heavy atom. The van der Waals surface area contributed by atoms with Gasteiger partial charge in [-0.2, -0.15) is 18.2 Å². The van der Waals surface area contributed by atoms with Crippen LogP contribution in [-0.2, 0) is 15.8 Å². The number of amides is 2. The summed E-state index contributed by atoms with van der Waals surface area (Å²) < 4.78 is 46.7. The van der Waals surface area contributed by atoms with E-state index in [0.717, 1.165) is 17.6 Å². The number of piperazine rings is 1. The summed E-state index contributed by atoms with van der Waals surface area (Å²) in [7, 11) is 1.47. The van der Waals surface area contributed by atoms with Crippen molar-refractivity contribution in [1.82, 2.24) is 24.8 Å². The van der Waals surface area contributed by atoms with E-state index < -0.39 is 23.5 Å². The SMILES string of the molecule is C.C=CC(=O)Nc1cccc(Nc2nc(Nc3ccc(N4CCN(C(C)=O)CC4)cc3OC)ncc2C(F)(F)F)n1.C=CCNc1cccc(N)n1. The monoisotopic (exact) mass is 721 g/mol. The molecule has 1 aromatic carbocycles. The van der Waals surface area contributed by atoms with E-state index >= 15 is 0 Å². The predicted molar refractivity (Wildman–Crippen MR) is 198 cm³/mol. The number of nitrogens with two attached hydrogens (primary N) is 1. The first-order valence-electron chi connectivity index (χ1n) is 15.5. The first-order valence-corrected chi connectivity index (χ1v) is 15.5. The molecule has 2 amide bonds. The number of methoxy groups -OCH3 is 1. The third-order valence-corrected chi connectivity index (χ3v) is 7.25. The molecule has 0 atom stereocenters. The van der Waals surface area contributed by atoms with Gasteiger partial charge in [0, 0.05) is 57.6 Å². The zero-order valence-corrected chi connectivity index (χ0v) is 28.0. The summed E-state index contributed by atoms with van der Waals surface area (Å²) in [5, 5.41) is 10.9. The summed E-state index contributed by atoms with van der Waals surface area (Å²) in [6.07, 6.45) is -1.27. The smallest absolute Gasteiger partial charge is 0.421 e. The lowest BCUT2D eigenvalue weighted by molar-refractivity contribution is -0.137. The van der Waals surface area contributed by atoms with E-state index in [9.17, 15) is 22.8 Å². The van der Waals surface area contributed by atoms with E-state index in [1.807, 2.05) is 18.2 Å². The zero-order valence-electron chi connectivity index (χ0n) is 28.0. The number of benzene rings is 1. The van der Waals surface area contributed by atoms with Crippen LogP contribution in [0, 0.1) is 0 Å². The van der Waals surface area contributed by atoms with E-state index in [0.29, 0.717) is 56.2 Å². The topological polar surface area (TPSA) is 176 Å². The van der Waals surface area contributed by atoms with Crippen molar-refractivity contribution in [2.45, 2.75) is 20.5 Å². The van der Waals surface area contributed by atoms with Gasteiger partial charge in [0.1, 0.15) is 40.4 Å². The Kier molecular flexibility index (Phi) is 14.3. The summed E-state index contributed by atoms with van der Waals surface area (Å²) >= 11 is 0. The molecule has 0 aliphatic carbocycles. The fourth-order valence-electron chi connectivity index (χ4n) is 4.72. The number of nitrogens with zero attached hydrogens (tertiary/aromatic N) is 6. The molecule has 0 radical (unpaired) electrons. The second-order valence-electron chi connectivity index (χ2n) is 10.8. The molecular weight excluding hydrogens is 679 g/mol. The van der Waals surface area contributed by atoms with Crippen LogP contribution in [0.5, 0.6) is 5.75 Å². The highest BCUT2D eigenvalue weighted by Crippen LogP contribution is 2.36. The fraction of sp³-hybridized carbons (Fsp3) is 0.257. The fourth-order valence-corrected chi connectivity index (χ4v) is 4.72. The van der Waals surface area contributed by atoms with Crippen LogP contribution in [0.25, 0.3) is 0 Å². The quantitative estimate of drug-likeness (QED) is 0.0894. The number of nitrogen functional groups attached to an aromatic ring is 1. The van der Waals surface area contributed by atoms with Crippen LogP contribution in [-0.4, -0.2) is 76.5 Å². The maximum Gasteiger partial charge on any atom is 0.421 e. The number of carbonyl (C=O) groups excluding carboxylic acids is 2. The lowest BCUT2D eigenvalue weighted by Crippen LogP contribution is -2.48. The van der Waals surface area contributed by atoms with Gasteiger partial charge in [0.2, 0.25) is 17.8 Å². The van der Waals surface area contributed by atoms with Crippen molar-refractivity contribution in [1.29, 1.82) is 0 Å². The van der Waals surface area contributed by atoms with E-state index in [4.69, 9.17) is 10.5 Å². The van der Waals surface area contributed by atoms with Crippen LogP contribution in [0.15, 0.2) is 86.1 Å². The molecule has 0 spiro atoms. The molecule has 0 bridgehead atoms. The van der Waals surface area contributed by atoms with Crippen LogP contribution in [0.1, 0.15) is 19.9 Å². The van der Waals surface area contributed by atoms with Crippen LogP contribution >= 0.6 is 0 Å². The number of carbonyl (C=O) groups is 2. The molecule has 6 N–H and O–H groups in total. The Balaban J connectivity index is 0.000000520. The standard InChI is InChI=1S/C26H27F3N8O3.C8H11N3.CH4/c1-4-23(39)33-21-6-5-7-22(32-21)34-24-18(26(27,28)29)15-30-25(35-24)31-19-9-8-17(14-20(19)40-3)37-12-10-36(11-13-37)16(2)38;1-2-6-10-8-5-3-4-7(9)11-8;/h4-9,14-15H,1,10-13H2,2-3H3,(H3,30,31,32,33,34,35,39);2-5H,1,6H2,(H3,9,10,11);1H4. The van der Waals surface area contributed by atoms with Gasteiger partial charge in [-0.15, -0.1) is 6.58 Å². The van der Waals surface area contributed by atoms with Gasteiger partial charge in [-0.25, -0.2) is 15.0 Å². The normalized spacial score (nSPS) is 12.2. The maximum atomic E-state index is 13.7. The van der Waals surface area contributed by atoms with E-state index in [1.165, 1.54) is 25.3 Å². The summed E-state index contributed by atoms with van der Waals surface area (Å²) in [6.45, 7) is 11.7. The second kappa shape index (κ2) is 18.6. The molecule has 0 saturated carbocycles. The van der Waals surface area contributed by atoms with Crippen LogP contribution < -0.4 is 36.6 Å². The van der Waals surface area contributed by atoms with Gasteiger partial charge in [-0.1, -0.05) is 32.2 Å². The summed E-state index contributed by atoms with van der Waals surface area (Å²) in [5.41, 5.74) is 5.66. The number of anilines is 8. The van der Waals surface area contributed by atoms with Gasteiger partial charge in [0.05, 0.1) is 12.8 Å². The van der Waals surface area contributed by atoms with Crippen molar-refractivity contribution in [3.63, 3.8) is 0 Å². The molecular formula is C35H42F3N11O3. The minimum Gasteiger partial charge on any atom is -0.494 e. The Hall–Kier alpha value is -6.39. The highest BCUT2D eigenvalue weighted by molar-refractivity contribution is 5.98. The number of hydrogen-bond acceptors (Lipinski definition) is 12. The van der Waals surface area contributed by atoms with Crippen molar-refractivity contribution >= 4 is 58.2 Å². The average Bonchev–Trinajstić information content (AvgIpc) is 3.11. The summed E-state index contributed by atoms with van der Waals surface area (Å²) in [6, 6.07) is 15.2. The highest BCUT2D eigenvalue weighted by atomic mass is 19.4. The molecule has 1 aliphatic heterocycles. The molecule has 1 fully saturated rings. The Labute approximate surface area is 300 Å². The number of alkyl halides is 3. The second-order valence-corrected chi connectivity index (χ2v) is 10.8. The minimum absolute atomic E-state index is 0. The molecule has 3 aromatic heterocycles. The molecule has 4 heterocycles. The van der Waals surface area contributed by atoms with Crippen molar-refractivity contribution in [3.8, 4) is 5.75 Å². The lowest BCUT2D eigenvalue weighted by Gasteiger charge is -2.35. The molecule has 4 aromatic rings. The van der Waals surface area contributed by atoms with Crippen molar-refractivity contribution < 1.29 is 27.5 Å². The number of pyridine rings is 2. The van der Waals surface area contributed by atoms with Gasteiger partial charge in [0.15, 0.2) is 0 Å². The maximum absolute atomic E-state index is 13.7. The summed E-state index contributed by atoms with van der Waals surface area (Å²) in [4.78, 5) is 43.1. The van der Waals surface area contributed by atoms with Crippen LogP contribution in [0.2, 0.25) is 0 Å². The molecule has 1 aliphatic rings. The highest BCUT2D eigenvalue weighted by Gasteiger charge is 2.35. The molecule has 1 saturated heterocycles. The first kappa shape index (κ1) is 40.0. The minimum atomic E-state index is -4.75. The predicted octanol–water partition coefficient (Wildman–Crippen LogP) is 6.08. The van der Waals surface area contributed by atoms with Gasteiger partial charge in [-0.3, -0.25) is 9.59 Å². The molecule has 17 heteroatoms. The van der Waals surface area contributed by atoms with Crippen LogP contribution in [0.3, 0.4) is 0 Å². The number of ether oxygens (including phenoxy) is 1. The van der Waals surface area contributed by atoms with Crippen LogP contribution in [0.4, 0.5) is 59.6 Å². The number of halogens is 3. The Morgan fingerprint density at radius 2 is 1.65 bits per heavy atom. The number of rotatable bonds is 11. The molecule has 52 heavy (non-hydrogen) atoms. The van der Waals surface area contributed by atoms with Gasteiger partial charge in [0.25, 0.3) is 0 Å². The molecule has 14 nitrogen and oxygen atoms in total. The lowest BCUT2D eigenvalue weighted by atomic mass is 10.2. The molecule has 0 unspecified atom stereocenters. The van der Waals surface area contributed by atoms with Gasteiger partial charge in [-0.05, 0) is 42.5 Å². The van der Waals surface area contributed by atoms with E-state index in [-0.39, 0.29) is 30.9 Å². The Morgan fingerprint density at radius 3 is 2.29 bits per heavy atom. The van der Waals surface area contributed by atoms with Crippen molar-refractivity contribution in [3.05, 3.63) is 91.7 Å². The van der Waals surface area contributed by atoms with E-state index in [2.05, 4.69) is 59.3 Å². The third-order valence-electron chi connectivity index (χ3n) is 7.25. The van der Waals surface area contributed by atoms with Gasteiger partial charge >= 0.3 is 6.18 Å². The van der Waals surface area contributed by atoms with E-state index in [1.54, 1.807) is 36.1 Å². The van der Waals surface area contributed by atoms with Crippen molar-refractivity contribution in [2.24, 2.45) is 0 Å². The number of aromatic nitrogens is 4.